The molecule has 0 spiro atoms. The Bertz CT molecular complexity index is 1380. The van der Waals surface area contributed by atoms with E-state index in [0.29, 0.717) is 27.2 Å². The zero-order valence-electron chi connectivity index (χ0n) is 20.3. The number of nitro benzene ring substituents is 1. The van der Waals surface area contributed by atoms with Crippen molar-refractivity contribution in [2.24, 2.45) is 4.99 Å². The first-order valence-corrected chi connectivity index (χ1v) is 12.9. The molecule has 5 rings (SSSR count). The van der Waals surface area contributed by atoms with Gasteiger partial charge < -0.3 is 4.42 Å². The van der Waals surface area contributed by atoms with Gasteiger partial charge in [-0.05, 0) is 73.8 Å². The van der Waals surface area contributed by atoms with E-state index in [1.54, 1.807) is 30.3 Å². The summed E-state index contributed by atoms with van der Waals surface area (Å²) in [6.45, 7) is 4.13. The fourth-order valence-electron chi connectivity index (χ4n) is 4.62. The van der Waals surface area contributed by atoms with Gasteiger partial charge in [-0.3, -0.25) is 19.8 Å². The minimum Gasteiger partial charge on any atom is -0.457 e. The lowest BCUT2D eigenvalue weighted by molar-refractivity contribution is -0.384. The Kier molecular flexibility index (Phi) is 6.78. The number of non-ortho nitro benzene ring substituents is 1. The van der Waals surface area contributed by atoms with Crippen LogP contribution >= 0.6 is 11.8 Å². The molecule has 0 radical (unpaired) electrons. The number of nitrogens with zero attached hydrogens (tertiary/aromatic N) is 3. The maximum Gasteiger partial charge on any atom is 0.270 e. The van der Waals surface area contributed by atoms with Crippen LogP contribution in [0.2, 0.25) is 0 Å². The molecule has 36 heavy (non-hydrogen) atoms. The zero-order valence-corrected chi connectivity index (χ0v) is 21.1. The zero-order chi connectivity index (χ0) is 25.2. The molecule has 2 aliphatic rings. The van der Waals surface area contributed by atoms with Gasteiger partial charge in [0.15, 0.2) is 5.17 Å². The third kappa shape index (κ3) is 4.99. The van der Waals surface area contributed by atoms with Crippen molar-refractivity contribution >= 4 is 40.3 Å². The molecule has 1 amide bonds. The first kappa shape index (κ1) is 24.1. The van der Waals surface area contributed by atoms with Crippen LogP contribution in [-0.2, 0) is 4.79 Å². The number of amidine groups is 1. The van der Waals surface area contributed by atoms with Crippen molar-refractivity contribution in [1.29, 1.82) is 0 Å². The van der Waals surface area contributed by atoms with Gasteiger partial charge in [-0.2, -0.15) is 0 Å². The smallest absolute Gasteiger partial charge is 0.270 e. The fraction of sp³-hybridized carbons (Fsp3) is 0.286. The molecule has 0 bridgehead atoms. The van der Waals surface area contributed by atoms with E-state index in [1.165, 1.54) is 35.9 Å². The number of nitro groups is 1. The number of hydrogen-bond acceptors (Lipinski definition) is 6. The lowest BCUT2D eigenvalue weighted by Gasteiger charge is -2.30. The summed E-state index contributed by atoms with van der Waals surface area (Å²) in [6.07, 6.45) is 7.11. The summed E-state index contributed by atoms with van der Waals surface area (Å²) in [5.41, 5.74) is 3.81. The third-order valence-corrected chi connectivity index (χ3v) is 7.72. The van der Waals surface area contributed by atoms with E-state index in [1.807, 2.05) is 17.0 Å². The van der Waals surface area contributed by atoms with Gasteiger partial charge in [0.2, 0.25) is 0 Å². The summed E-state index contributed by atoms with van der Waals surface area (Å²) in [5.74, 6) is 0.973. The van der Waals surface area contributed by atoms with E-state index in [0.717, 1.165) is 36.9 Å². The Morgan fingerprint density at radius 3 is 2.61 bits per heavy atom. The molecule has 184 valence electrons. The van der Waals surface area contributed by atoms with Gasteiger partial charge in [0.25, 0.3) is 11.6 Å². The summed E-state index contributed by atoms with van der Waals surface area (Å²) in [5, 5.41) is 11.8. The highest BCUT2D eigenvalue weighted by atomic mass is 32.2. The number of aryl methyl sites for hydroxylation is 2. The molecule has 2 aromatic carbocycles. The predicted octanol–water partition coefficient (Wildman–Crippen LogP) is 7.41. The van der Waals surface area contributed by atoms with Crippen molar-refractivity contribution in [3.05, 3.63) is 86.5 Å². The average molecular weight is 502 g/mol. The topological polar surface area (TPSA) is 89.0 Å². The second kappa shape index (κ2) is 10.1. The number of aliphatic imine (C=N–C) groups is 1. The molecule has 7 nitrogen and oxygen atoms in total. The molecule has 0 unspecified atom stereocenters. The van der Waals surface area contributed by atoms with Gasteiger partial charge in [-0.1, -0.05) is 37.5 Å². The van der Waals surface area contributed by atoms with Crippen LogP contribution in [0.1, 0.15) is 49.0 Å². The molecular formula is C28H27N3O4S. The summed E-state index contributed by atoms with van der Waals surface area (Å²) >= 11 is 1.37. The average Bonchev–Trinajstić information content (AvgIpc) is 3.46. The van der Waals surface area contributed by atoms with Gasteiger partial charge in [0.1, 0.15) is 11.5 Å². The molecule has 0 atom stereocenters. The van der Waals surface area contributed by atoms with E-state index in [-0.39, 0.29) is 17.6 Å². The van der Waals surface area contributed by atoms with Crippen molar-refractivity contribution in [1.82, 2.24) is 4.90 Å². The van der Waals surface area contributed by atoms with Crippen molar-refractivity contribution in [3.63, 3.8) is 0 Å². The first-order chi connectivity index (χ1) is 17.4. The fourth-order valence-corrected chi connectivity index (χ4v) is 5.66. The molecule has 1 aliphatic heterocycles. The summed E-state index contributed by atoms with van der Waals surface area (Å²) in [7, 11) is 0. The number of carbonyl (C=O) groups is 1. The molecule has 1 saturated carbocycles. The standard InChI is InChI=1S/C28H27N3O4S/c1-18-11-12-21(15-19(18)2)29-28-30(22-8-4-3-5-9-22)27(32)26(36-28)17-24-13-14-25(35-24)20-7-6-10-23(16-20)31(33)34/h6-7,10-17,22H,3-5,8-9H2,1-2H3/b26-17-,29-28?. The van der Waals surface area contributed by atoms with Gasteiger partial charge >= 0.3 is 0 Å². The van der Waals surface area contributed by atoms with Crippen LogP contribution in [0.4, 0.5) is 11.4 Å². The second-order valence-corrected chi connectivity index (χ2v) is 10.3. The van der Waals surface area contributed by atoms with Crippen LogP contribution in [0.5, 0.6) is 0 Å². The molecule has 0 N–H and O–H groups in total. The Balaban J connectivity index is 1.46. The largest absolute Gasteiger partial charge is 0.457 e. The van der Waals surface area contributed by atoms with Gasteiger partial charge in [0.05, 0.1) is 15.5 Å². The number of furan rings is 1. The van der Waals surface area contributed by atoms with Crippen LogP contribution in [0.15, 0.2) is 68.9 Å². The van der Waals surface area contributed by atoms with E-state index in [2.05, 4.69) is 19.9 Å². The van der Waals surface area contributed by atoms with Gasteiger partial charge in [-0.15, -0.1) is 0 Å². The van der Waals surface area contributed by atoms with E-state index >= 15 is 0 Å². The van der Waals surface area contributed by atoms with Crippen LogP contribution in [0, 0.1) is 24.0 Å². The first-order valence-electron chi connectivity index (χ1n) is 12.1. The molecular weight excluding hydrogens is 474 g/mol. The highest BCUT2D eigenvalue weighted by molar-refractivity contribution is 8.18. The van der Waals surface area contributed by atoms with Crippen LogP contribution in [-0.4, -0.2) is 26.9 Å². The van der Waals surface area contributed by atoms with Crippen molar-refractivity contribution in [2.75, 3.05) is 0 Å². The lowest BCUT2D eigenvalue weighted by atomic mass is 9.94. The molecule has 1 aromatic heterocycles. The number of benzene rings is 2. The number of amides is 1. The molecule has 1 saturated heterocycles. The summed E-state index contributed by atoms with van der Waals surface area (Å²) in [6, 6.07) is 16.1. The predicted molar refractivity (Wildman–Crippen MR) is 143 cm³/mol. The van der Waals surface area contributed by atoms with E-state index in [4.69, 9.17) is 9.41 Å². The quantitative estimate of drug-likeness (QED) is 0.206. The number of hydrogen-bond donors (Lipinski definition) is 0. The Morgan fingerprint density at radius 1 is 1.06 bits per heavy atom. The number of carbonyl (C=O) groups excluding carboxylic acids is 1. The van der Waals surface area contributed by atoms with Crippen molar-refractivity contribution < 1.29 is 14.1 Å². The summed E-state index contributed by atoms with van der Waals surface area (Å²) < 4.78 is 5.95. The summed E-state index contributed by atoms with van der Waals surface area (Å²) in [4.78, 5) is 31.6. The minimum atomic E-state index is -0.431. The Morgan fingerprint density at radius 2 is 1.86 bits per heavy atom. The Hall–Kier alpha value is -3.65. The van der Waals surface area contributed by atoms with E-state index < -0.39 is 4.92 Å². The lowest BCUT2D eigenvalue weighted by Crippen LogP contribution is -2.40. The van der Waals surface area contributed by atoms with Crippen molar-refractivity contribution in [2.45, 2.75) is 52.0 Å². The highest BCUT2D eigenvalue weighted by Gasteiger charge is 2.38. The van der Waals surface area contributed by atoms with Gasteiger partial charge in [0, 0.05) is 29.8 Å². The number of rotatable bonds is 5. The van der Waals surface area contributed by atoms with E-state index in [9.17, 15) is 14.9 Å². The third-order valence-electron chi connectivity index (χ3n) is 6.73. The second-order valence-electron chi connectivity index (χ2n) is 9.25. The molecule has 8 heteroatoms. The molecule has 3 aromatic rings. The number of thioether (sulfide) groups is 1. The van der Waals surface area contributed by atoms with Crippen molar-refractivity contribution in [3.8, 4) is 11.3 Å². The minimum absolute atomic E-state index is 0.000602. The maximum atomic E-state index is 13.6. The normalized spacial score (nSPS) is 18.9. The monoisotopic (exact) mass is 501 g/mol. The maximum absolute atomic E-state index is 13.6. The highest BCUT2D eigenvalue weighted by Crippen LogP contribution is 2.39. The SMILES string of the molecule is Cc1ccc(N=C2S/C(=C\c3ccc(-c4cccc([N+](=O)[O-])c4)o3)C(=O)N2C2CCCCC2)cc1C. The molecule has 2 heterocycles. The molecule has 1 aliphatic carbocycles. The Labute approximate surface area is 214 Å². The van der Waals surface area contributed by atoms with Crippen LogP contribution < -0.4 is 0 Å². The van der Waals surface area contributed by atoms with Gasteiger partial charge in [-0.25, -0.2) is 4.99 Å². The van der Waals surface area contributed by atoms with Crippen LogP contribution in [0.3, 0.4) is 0 Å². The molecule has 2 fully saturated rings. The van der Waals surface area contributed by atoms with Crippen LogP contribution in [0.25, 0.3) is 17.4 Å².